The molecule has 120 valence electrons. The first-order chi connectivity index (χ1) is 11.1. The van der Waals surface area contributed by atoms with Crippen molar-refractivity contribution >= 4 is 29.2 Å². The van der Waals surface area contributed by atoms with Crippen LogP contribution in [0.15, 0.2) is 36.7 Å². The molecule has 3 rings (SSSR count). The molecule has 0 amide bonds. The Morgan fingerprint density at radius 3 is 2.78 bits per heavy atom. The Morgan fingerprint density at radius 1 is 1.30 bits per heavy atom. The summed E-state index contributed by atoms with van der Waals surface area (Å²) in [6, 6.07) is 6.82. The van der Waals surface area contributed by atoms with Crippen molar-refractivity contribution in [1.29, 1.82) is 0 Å². The largest absolute Gasteiger partial charge is 0.478 e. The fourth-order valence-corrected chi connectivity index (χ4v) is 3.03. The summed E-state index contributed by atoms with van der Waals surface area (Å²) < 4.78 is 0. The van der Waals surface area contributed by atoms with Crippen molar-refractivity contribution in [2.75, 3.05) is 16.8 Å². The Bertz CT molecular complexity index is 696. The average Bonchev–Trinajstić information content (AvgIpc) is 2.56. The molecule has 1 fully saturated rings. The number of carbonyl (C=O) groups is 1. The highest BCUT2D eigenvalue weighted by Crippen LogP contribution is 2.29. The van der Waals surface area contributed by atoms with Gasteiger partial charge in [0.15, 0.2) is 0 Å². The normalized spacial score (nSPS) is 17.8. The number of aromatic nitrogens is 2. The summed E-state index contributed by atoms with van der Waals surface area (Å²) in [7, 11) is 0. The van der Waals surface area contributed by atoms with E-state index in [1.807, 2.05) is 0 Å². The van der Waals surface area contributed by atoms with Gasteiger partial charge in [-0.2, -0.15) is 0 Å². The van der Waals surface area contributed by atoms with Crippen molar-refractivity contribution in [2.45, 2.75) is 25.4 Å². The first-order valence-corrected chi connectivity index (χ1v) is 7.86. The summed E-state index contributed by atoms with van der Waals surface area (Å²) in [6.45, 7) is 0.868. The number of carboxylic acids is 1. The van der Waals surface area contributed by atoms with Gasteiger partial charge in [-0.05, 0) is 43.5 Å². The third-order valence-corrected chi connectivity index (χ3v) is 4.19. The Labute approximate surface area is 139 Å². The van der Waals surface area contributed by atoms with Crippen LogP contribution in [-0.4, -0.2) is 33.8 Å². The number of nitrogens with one attached hydrogen (secondary N) is 1. The predicted octanol–water partition coefficient (Wildman–Crippen LogP) is 3.26. The lowest BCUT2D eigenvalue weighted by molar-refractivity contribution is 0.0697. The first-order valence-electron chi connectivity index (χ1n) is 7.48. The Kier molecular flexibility index (Phi) is 4.62. The van der Waals surface area contributed by atoms with Crippen LogP contribution in [0, 0.1) is 0 Å². The summed E-state index contributed by atoms with van der Waals surface area (Å²) in [5, 5.41) is 12.7. The number of rotatable bonds is 4. The quantitative estimate of drug-likeness (QED) is 0.894. The van der Waals surface area contributed by atoms with E-state index in [-0.39, 0.29) is 16.8 Å². The lowest BCUT2D eigenvalue weighted by Gasteiger charge is -2.38. The van der Waals surface area contributed by atoms with E-state index in [1.54, 1.807) is 36.7 Å². The van der Waals surface area contributed by atoms with Gasteiger partial charge in [0.05, 0.1) is 10.6 Å². The van der Waals surface area contributed by atoms with Crippen LogP contribution in [0.25, 0.3) is 0 Å². The summed E-state index contributed by atoms with van der Waals surface area (Å²) in [5.41, 5.74) is 1.01. The van der Waals surface area contributed by atoms with Gasteiger partial charge in [0.2, 0.25) is 5.95 Å². The molecule has 1 aliphatic heterocycles. The van der Waals surface area contributed by atoms with Crippen LogP contribution >= 0.6 is 11.6 Å². The number of carboxylic acid groups (broad SMARTS) is 1. The molecule has 0 saturated carbocycles. The molecular weight excluding hydrogens is 316 g/mol. The zero-order valence-corrected chi connectivity index (χ0v) is 13.2. The van der Waals surface area contributed by atoms with Gasteiger partial charge in [0.25, 0.3) is 0 Å². The summed E-state index contributed by atoms with van der Waals surface area (Å²) in [4.78, 5) is 21.7. The summed E-state index contributed by atoms with van der Waals surface area (Å²) in [6.07, 6.45) is 6.59. The minimum absolute atomic E-state index is 0.0536. The second-order valence-electron chi connectivity index (χ2n) is 5.39. The molecule has 0 spiro atoms. The molecule has 1 aromatic heterocycles. The van der Waals surface area contributed by atoms with Crippen LogP contribution in [0.1, 0.15) is 29.6 Å². The molecule has 6 nitrogen and oxygen atoms in total. The number of halogens is 1. The number of hydrogen-bond donors (Lipinski definition) is 2. The smallest absolute Gasteiger partial charge is 0.337 e. The number of hydrogen-bond acceptors (Lipinski definition) is 5. The molecule has 1 aromatic carbocycles. The maximum absolute atomic E-state index is 11.1. The topological polar surface area (TPSA) is 78.4 Å². The van der Waals surface area contributed by atoms with Crippen LogP contribution in [-0.2, 0) is 0 Å². The standard InChI is InChI=1S/C16H17ClN4O2/c17-13-10-11(5-6-12(13)15(22)23)21-9-2-1-4-14(21)20-16-18-7-3-8-19-16/h3,5-8,10,14H,1-2,4,9H2,(H,22,23)(H,18,19,20). The van der Waals surface area contributed by atoms with Crippen molar-refractivity contribution < 1.29 is 9.90 Å². The average molecular weight is 333 g/mol. The predicted molar refractivity (Wildman–Crippen MR) is 89.1 cm³/mol. The molecule has 1 aliphatic rings. The van der Waals surface area contributed by atoms with Crippen molar-refractivity contribution in [3.8, 4) is 0 Å². The van der Waals surface area contributed by atoms with Crippen LogP contribution in [0.5, 0.6) is 0 Å². The highest BCUT2D eigenvalue weighted by molar-refractivity contribution is 6.33. The van der Waals surface area contributed by atoms with E-state index in [4.69, 9.17) is 16.7 Å². The van der Waals surface area contributed by atoms with E-state index in [1.165, 1.54) is 0 Å². The molecule has 0 aliphatic carbocycles. The van der Waals surface area contributed by atoms with Gasteiger partial charge >= 0.3 is 5.97 Å². The Balaban J connectivity index is 1.84. The molecule has 0 bridgehead atoms. The second-order valence-corrected chi connectivity index (χ2v) is 5.80. The zero-order valence-electron chi connectivity index (χ0n) is 12.4. The SMILES string of the molecule is O=C(O)c1ccc(N2CCCCC2Nc2ncccn2)cc1Cl. The highest BCUT2D eigenvalue weighted by Gasteiger charge is 2.24. The minimum atomic E-state index is -1.02. The van der Waals surface area contributed by atoms with E-state index >= 15 is 0 Å². The Morgan fingerprint density at radius 2 is 2.09 bits per heavy atom. The number of anilines is 2. The second kappa shape index (κ2) is 6.83. The van der Waals surface area contributed by atoms with Crippen LogP contribution in [0.4, 0.5) is 11.6 Å². The zero-order chi connectivity index (χ0) is 16.2. The lowest BCUT2D eigenvalue weighted by Crippen LogP contribution is -2.45. The van der Waals surface area contributed by atoms with Gasteiger partial charge < -0.3 is 15.3 Å². The monoisotopic (exact) mass is 332 g/mol. The van der Waals surface area contributed by atoms with Crippen LogP contribution in [0.3, 0.4) is 0 Å². The van der Waals surface area contributed by atoms with Gasteiger partial charge in [-0.3, -0.25) is 0 Å². The van der Waals surface area contributed by atoms with E-state index in [0.29, 0.717) is 5.95 Å². The third-order valence-electron chi connectivity index (χ3n) is 3.88. The van der Waals surface area contributed by atoms with Gasteiger partial charge in [-0.25, -0.2) is 14.8 Å². The number of piperidine rings is 1. The molecule has 0 radical (unpaired) electrons. The summed E-state index contributed by atoms with van der Waals surface area (Å²) >= 11 is 6.10. The van der Waals surface area contributed by atoms with Crippen molar-refractivity contribution in [1.82, 2.24) is 9.97 Å². The molecule has 7 heteroatoms. The van der Waals surface area contributed by atoms with Crippen molar-refractivity contribution in [3.05, 3.63) is 47.2 Å². The van der Waals surface area contributed by atoms with Crippen LogP contribution in [0.2, 0.25) is 5.02 Å². The molecule has 2 N–H and O–H groups in total. The lowest BCUT2D eigenvalue weighted by atomic mass is 10.1. The van der Waals surface area contributed by atoms with Gasteiger partial charge in [-0.1, -0.05) is 11.6 Å². The van der Waals surface area contributed by atoms with E-state index in [2.05, 4.69) is 20.2 Å². The van der Waals surface area contributed by atoms with Crippen molar-refractivity contribution in [3.63, 3.8) is 0 Å². The molecule has 2 aromatic rings. The highest BCUT2D eigenvalue weighted by atomic mass is 35.5. The maximum atomic E-state index is 11.1. The Hall–Kier alpha value is -2.34. The molecule has 2 heterocycles. The fraction of sp³-hybridized carbons (Fsp3) is 0.312. The molecule has 1 atom stereocenters. The van der Waals surface area contributed by atoms with E-state index in [9.17, 15) is 4.79 Å². The summed E-state index contributed by atoms with van der Waals surface area (Å²) in [5.74, 6) is -0.440. The van der Waals surface area contributed by atoms with E-state index in [0.717, 1.165) is 31.5 Å². The van der Waals surface area contributed by atoms with Gasteiger partial charge in [-0.15, -0.1) is 0 Å². The molecule has 1 unspecified atom stereocenters. The number of benzene rings is 1. The number of aromatic carboxylic acids is 1. The van der Waals surface area contributed by atoms with Gasteiger partial charge in [0, 0.05) is 24.6 Å². The van der Waals surface area contributed by atoms with E-state index < -0.39 is 5.97 Å². The molecule has 1 saturated heterocycles. The van der Waals surface area contributed by atoms with Crippen LogP contribution < -0.4 is 10.2 Å². The molecule has 23 heavy (non-hydrogen) atoms. The van der Waals surface area contributed by atoms with Gasteiger partial charge in [0.1, 0.15) is 6.17 Å². The molecular formula is C16H17ClN4O2. The maximum Gasteiger partial charge on any atom is 0.337 e. The van der Waals surface area contributed by atoms with Crippen molar-refractivity contribution in [2.24, 2.45) is 0 Å². The minimum Gasteiger partial charge on any atom is -0.478 e. The first kappa shape index (κ1) is 15.6. The number of nitrogens with zero attached hydrogens (tertiary/aromatic N) is 3. The third kappa shape index (κ3) is 3.53. The fourth-order valence-electron chi connectivity index (χ4n) is 2.77.